The Balaban J connectivity index is 2.59. The second-order valence-corrected chi connectivity index (χ2v) is 4.87. The van der Waals surface area contributed by atoms with Crippen molar-refractivity contribution in [2.24, 2.45) is 24.3 Å². The molecule has 0 aliphatic rings. The van der Waals surface area contributed by atoms with E-state index >= 15 is 0 Å². The van der Waals surface area contributed by atoms with E-state index in [1.165, 1.54) is 14.1 Å². The molecule has 0 fully saturated rings. The number of benzene rings is 1. The summed E-state index contributed by atoms with van der Waals surface area (Å²) in [5, 5.41) is 17.7. The van der Waals surface area contributed by atoms with Gasteiger partial charge >= 0.3 is 5.69 Å². The number of aromatic hydroxyl groups is 1. The highest BCUT2D eigenvalue weighted by Crippen LogP contribution is 2.25. The van der Waals surface area contributed by atoms with Crippen LogP contribution in [0.15, 0.2) is 38.0 Å². The molecule has 0 amide bonds. The summed E-state index contributed by atoms with van der Waals surface area (Å²) in [6, 6.07) is 5.65. The molecule has 21 heavy (non-hydrogen) atoms. The topological polar surface area (TPSA) is 88.9 Å². The molecule has 7 nitrogen and oxygen atoms in total. The lowest BCUT2D eigenvalue weighted by Crippen LogP contribution is -2.36. The van der Waals surface area contributed by atoms with E-state index in [1.54, 1.807) is 0 Å². The van der Waals surface area contributed by atoms with E-state index in [0.29, 0.717) is 5.69 Å². The van der Waals surface area contributed by atoms with Crippen molar-refractivity contribution in [1.29, 1.82) is 0 Å². The van der Waals surface area contributed by atoms with Crippen LogP contribution in [-0.4, -0.2) is 14.2 Å². The van der Waals surface area contributed by atoms with Gasteiger partial charge in [-0.05, 0) is 31.0 Å². The Kier molecular flexibility index (Phi) is 3.75. The maximum atomic E-state index is 12.0. The highest BCUT2D eigenvalue weighted by atomic mass is 16.3. The lowest BCUT2D eigenvalue weighted by Gasteiger charge is -2.06. The van der Waals surface area contributed by atoms with Crippen molar-refractivity contribution >= 4 is 11.4 Å². The van der Waals surface area contributed by atoms with Crippen LogP contribution in [0, 0.1) is 13.8 Å². The van der Waals surface area contributed by atoms with E-state index in [9.17, 15) is 14.7 Å². The Morgan fingerprint density at radius 3 is 2.38 bits per heavy atom. The number of azo groups is 1. The number of nitrogens with zero attached hydrogens (tertiary/aromatic N) is 4. The molecule has 7 heteroatoms. The highest BCUT2D eigenvalue weighted by molar-refractivity contribution is 5.49. The average Bonchev–Trinajstić information content (AvgIpc) is 2.46. The summed E-state index contributed by atoms with van der Waals surface area (Å²) < 4.78 is 1.82. The number of aryl methyl sites for hydroxylation is 2. The van der Waals surface area contributed by atoms with Gasteiger partial charge in [0.1, 0.15) is 0 Å². The van der Waals surface area contributed by atoms with E-state index in [4.69, 9.17) is 0 Å². The summed E-state index contributed by atoms with van der Waals surface area (Å²) in [6.45, 7) is 3.79. The average molecular weight is 288 g/mol. The summed E-state index contributed by atoms with van der Waals surface area (Å²) in [7, 11) is 2.68. The smallest absolute Gasteiger partial charge is 0.333 e. The molecule has 1 heterocycles. The highest BCUT2D eigenvalue weighted by Gasteiger charge is 2.14. The third kappa shape index (κ3) is 2.62. The predicted octanol–water partition coefficient (Wildman–Crippen LogP) is 1.82. The molecule has 0 saturated carbocycles. The van der Waals surface area contributed by atoms with Gasteiger partial charge in [-0.3, -0.25) is 13.9 Å². The van der Waals surface area contributed by atoms with Crippen LogP contribution < -0.4 is 11.2 Å². The Hall–Kier alpha value is -2.70. The molecular formula is C14H16N4O3. The van der Waals surface area contributed by atoms with Crippen LogP contribution in [0.1, 0.15) is 11.1 Å². The zero-order chi connectivity index (χ0) is 15.7. The number of rotatable bonds is 2. The summed E-state index contributed by atoms with van der Waals surface area (Å²) in [5.74, 6) is -0.503. The van der Waals surface area contributed by atoms with Crippen LogP contribution in [0.3, 0.4) is 0 Å². The Labute approximate surface area is 120 Å². The molecule has 0 radical (unpaired) electrons. The molecule has 0 aliphatic heterocycles. The number of aromatic nitrogens is 2. The van der Waals surface area contributed by atoms with Crippen molar-refractivity contribution in [3.8, 4) is 5.88 Å². The van der Waals surface area contributed by atoms with Gasteiger partial charge in [0, 0.05) is 14.1 Å². The molecular weight excluding hydrogens is 272 g/mol. The minimum absolute atomic E-state index is 0.263. The minimum Gasteiger partial charge on any atom is -0.493 e. The molecule has 0 atom stereocenters. The first-order valence-corrected chi connectivity index (χ1v) is 6.31. The fourth-order valence-electron chi connectivity index (χ4n) is 1.83. The SMILES string of the molecule is Cc1ccc(C)c(N=Nc2c(O)n(C)c(=O)n(C)c2=O)c1. The monoisotopic (exact) mass is 288 g/mol. The maximum Gasteiger partial charge on any atom is 0.333 e. The predicted molar refractivity (Wildman–Crippen MR) is 78.7 cm³/mol. The molecule has 0 spiro atoms. The van der Waals surface area contributed by atoms with Gasteiger partial charge in [0.2, 0.25) is 11.6 Å². The Morgan fingerprint density at radius 1 is 1.05 bits per heavy atom. The van der Waals surface area contributed by atoms with Gasteiger partial charge < -0.3 is 5.11 Å². The first-order valence-electron chi connectivity index (χ1n) is 6.31. The molecule has 0 bridgehead atoms. The quantitative estimate of drug-likeness (QED) is 0.855. The van der Waals surface area contributed by atoms with Crippen molar-refractivity contribution in [1.82, 2.24) is 9.13 Å². The lowest BCUT2D eigenvalue weighted by molar-refractivity contribution is 0.413. The van der Waals surface area contributed by atoms with E-state index in [2.05, 4.69) is 10.2 Å². The zero-order valence-corrected chi connectivity index (χ0v) is 12.3. The summed E-state index contributed by atoms with van der Waals surface area (Å²) in [5.41, 5.74) is 0.927. The standard InChI is InChI=1S/C14H16N4O3/c1-8-5-6-9(2)10(7-8)15-16-11-12(19)17(3)14(21)18(4)13(11)20/h5-7,19H,1-4H3. The van der Waals surface area contributed by atoms with Crippen LogP contribution in [0.2, 0.25) is 0 Å². The number of hydrogen-bond donors (Lipinski definition) is 1. The lowest BCUT2D eigenvalue weighted by atomic mass is 10.1. The van der Waals surface area contributed by atoms with Crippen molar-refractivity contribution < 1.29 is 5.11 Å². The van der Waals surface area contributed by atoms with Crippen LogP contribution in [0.5, 0.6) is 5.88 Å². The third-order valence-electron chi connectivity index (χ3n) is 3.23. The van der Waals surface area contributed by atoms with Crippen LogP contribution >= 0.6 is 0 Å². The summed E-state index contributed by atoms with van der Waals surface area (Å²) in [4.78, 5) is 23.6. The maximum absolute atomic E-state index is 12.0. The molecule has 2 aromatic rings. The van der Waals surface area contributed by atoms with Gasteiger partial charge in [0.05, 0.1) is 5.69 Å². The van der Waals surface area contributed by atoms with Gasteiger partial charge in [-0.15, -0.1) is 10.2 Å². The van der Waals surface area contributed by atoms with Gasteiger partial charge in [-0.1, -0.05) is 12.1 Å². The van der Waals surface area contributed by atoms with E-state index in [-0.39, 0.29) is 5.69 Å². The van der Waals surface area contributed by atoms with E-state index in [0.717, 1.165) is 20.3 Å². The molecule has 1 aromatic carbocycles. The fraction of sp³-hybridized carbons (Fsp3) is 0.286. The first kappa shape index (κ1) is 14.7. The Bertz CT molecular complexity index is 847. The second kappa shape index (κ2) is 5.35. The molecule has 1 N–H and O–H groups in total. The largest absolute Gasteiger partial charge is 0.493 e. The van der Waals surface area contributed by atoms with Crippen molar-refractivity contribution in [3.05, 3.63) is 50.2 Å². The first-order chi connectivity index (χ1) is 9.82. The van der Waals surface area contributed by atoms with Crippen molar-refractivity contribution in [2.45, 2.75) is 13.8 Å². The second-order valence-electron chi connectivity index (χ2n) is 4.87. The summed E-state index contributed by atoms with van der Waals surface area (Å²) >= 11 is 0. The van der Waals surface area contributed by atoms with Crippen molar-refractivity contribution in [2.75, 3.05) is 0 Å². The third-order valence-corrected chi connectivity index (χ3v) is 3.23. The van der Waals surface area contributed by atoms with Crippen LogP contribution in [-0.2, 0) is 14.1 Å². The van der Waals surface area contributed by atoms with E-state index in [1.807, 2.05) is 32.0 Å². The van der Waals surface area contributed by atoms with Crippen LogP contribution in [0.25, 0.3) is 0 Å². The molecule has 0 saturated heterocycles. The van der Waals surface area contributed by atoms with E-state index < -0.39 is 17.1 Å². The van der Waals surface area contributed by atoms with Crippen molar-refractivity contribution in [3.63, 3.8) is 0 Å². The van der Waals surface area contributed by atoms with Crippen LogP contribution in [0.4, 0.5) is 11.4 Å². The summed E-state index contributed by atoms with van der Waals surface area (Å²) in [6.07, 6.45) is 0. The minimum atomic E-state index is -0.690. The van der Waals surface area contributed by atoms with Gasteiger partial charge in [-0.25, -0.2) is 4.79 Å². The fourth-order valence-corrected chi connectivity index (χ4v) is 1.83. The number of hydrogen-bond acceptors (Lipinski definition) is 5. The van der Waals surface area contributed by atoms with Gasteiger partial charge in [0.15, 0.2) is 0 Å². The van der Waals surface area contributed by atoms with Gasteiger partial charge in [0.25, 0.3) is 5.56 Å². The Morgan fingerprint density at radius 2 is 1.71 bits per heavy atom. The normalized spacial score (nSPS) is 11.2. The molecule has 1 aromatic heterocycles. The van der Waals surface area contributed by atoms with Gasteiger partial charge in [-0.2, -0.15) is 0 Å². The zero-order valence-electron chi connectivity index (χ0n) is 12.3. The molecule has 0 unspecified atom stereocenters. The molecule has 2 rings (SSSR count). The molecule has 0 aliphatic carbocycles. The molecule has 110 valence electrons.